The van der Waals surface area contributed by atoms with Crippen molar-refractivity contribution in [3.05, 3.63) is 60.8 Å². The topological polar surface area (TPSA) is 38.9 Å². The number of aromatic nitrogens is 1. The SMILES string of the molecule is Nc1ncccc1-c1ccc(-c2ccccc2)s1. The van der Waals surface area contributed by atoms with E-state index in [1.54, 1.807) is 17.5 Å². The van der Waals surface area contributed by atoms with Gasteiger partial charge in [0.05, 0.1) is 0 Å². The maximum Gasteiger partial charge on any atom is 0.132 e. The van der Waals surface area contributed by atoms with Crippen LogP contribution in [0.2, 0.25) is 0 Å². The number of hydrogen-bond donors (Lipinski definition) is 1. The summed E-state index contributed by atoms with van der Waals surface area (Å²) in [6, 6.07) is 18.5. The molecule has 0 unspecified atom stereocenters. The fourth-order valence-electron chi connectivity index (χ4n) is 1.87. The van der Waals surface area contributed by atoms with Crippen molar-refractivity contribution in [3.63, 3.8) is 0 Å². The Balaban J connectivity index is 2.03. The van der Waals surface area contributed by atoms with Crippen molar-refractivity contribution in [2.45, 2.75) is 0 Å². The maximum absolute atomic E-state index is 5.90. The van der Waals surface area contributed by atoms with Gasteiger partial charge in [0.15, 0.2) is 0 Å². The van der Waals surface area contributed by atoms with Crippen LogP contribution < -0.4 is 5.73 Å². The summed E-state index contributed by atoms with van der Waals surface area (Å²) in [6.45, 7) is 0. The van der Waals surface area contributed by atoms with Crippen LogP contribution in [-0.4, -0.2) is 4.98 Å². The quantitative estimate of drug-likeness (QED) is 0.747. The van der Waals surface area contributed by atoms with Gasteiger partial charge in [-0.2, -0.15) is 0 Å². The summed E-state index contributed by atoms with van der Waals surface area (Å²) in [5, 5.41) is 0. The minimum Gasteiger partial charge on any atom is -0.383 e. The van der Waals surface area contributed by atoms with E-state index in [-0.39, 0.29) is 0 Å². The molecule has 0 aliphatic rings. The molecule has 3 aromatic rings. The van der Waals surface area contributed by atoms with Gasteiger partial charge >= 0.3 is 0 Å². The second-order valence-corrected chi connectivity index (χ2v) is 5.05. The molecule has 0 aliphatic carbocycles. The van der Waals surface area contributed by atoms with Gasteiger partial charge in [0.1, 0.15) is 5.82 Å². The molecule has 0 aliphatic heterocycles. The summed E-state index contributed by atoms with van der Waals surface area (Å²) in [7, 11) is 0. The first kappa shape index (κ1) is 11.0. The highest BCUT2D eigenvalue weighted by atomic mass is 32.1. The van der Waals surface area contributed by atoms with Crippen LogP contribution in [0.15, 0.2) is 60.8 Å². The summed E-state index contributed by atoms with van der Waals surface area (Å²) in [4.78, 5) is 6.52. The fraction of sp³-hybridized carbons (Fsp3) is 0. The summed E-state index contributed by atoms with van der Waals surface area (Å²) < 4.78 is 0. The van der Waals surface area contributed by atoms with Gasteiger partial charge in [-0.3, -0.25) is 0 Å². The minimum absolute atomic E-state index is 0.582. The number of benzene rings is 1. The Morgan fingerprint density at radius 3 is 2.39 bits per heavy atom. The third-order valence-corrected chi connectivity index (χ3v) is 3.94. The van der Waals surface area contributed by atoms with E-state index in [1.807, 2.05) is 30.3 Å². The Bertz CT molecular complexity index is 659. The molecule has 0 spiro atoms. The zero-order valence-corrected chi connectivity index (χ0v) is 10.5. The number of hydrogen-bond acceptors (Lipinski definition) is 3. The van der Waals surface area contributed by atoms with E-state index in [0.717, 1.165) is 10.4 Å². The number of thiophene rings is 1. The van der Waals surface area contributed by atoms with Crippen LogP contribution in [0.3, 0.4) is 0 Å². The first-order valence-electron chi connectivity index (χ1n) is 5.71. The van der Waals surface area contributed by atoms with E-state index >= 15 is 0 Å². The highest BCUT2D eigenvalue weighted by Crippen LogP contribution is 2.35. The van der Waals surface area contributed by atoms with Gasteiger partial charge in [-0.25, -0.2) is 4.98 Å². The average Bonchev–Trinajstić information content (AvgIpc) is 2.90. The fourth-order valence-corrected chi connectivity index (χ4v) is 2.91. The monoisotopic (exact) mass is 252 g/mol. The van der Waals surface area contributed by atoms with Gasteiger partial charge < -0.3 is 5.73 Å². The molecule has 0 bridgehead atoms. The van der Waals surface area contributed by atoms with Crippen molar-refractivity contribution in [3.8, 4) is 20.9 Å². The van der Waals surface area contributed by atoms with Crippen LogP contribution in [0.25, 0.3) is 20.9 Å². The lowest BCUT2D eigenvalue weighted by Crippen LogP contribution is -1.91. The molecule has 2 aromatic heterocycles. The Hall–Kier alpha value is -2.13. The average molecular weight is 252 g/mol. The van der Waals surface area contributed by atoms with Crippen molar-refractivity contribution in [1.82, 2.24) is 4.98 Å². The molecule has 2 nitrogen and oxygen atoms in total. The molecule has 3 heteroatoms. The summed E-state index contributed by atoms with van der Waals surface area (Å²) in [5.74, 6) is 0.582. The second kappa shape index (κ2) is 4.63. The molecule has 1 aromatic carbocycles. The molecule has 0 amide bonds. The molecular formula is C15H12N2S. The van der Waals surface area contributed by atoms with Crippen molar-refractivity contribution >= 4 is 17.2 Å². The van der Waals surface area contributed by atoms with Gasteiger partial charge in [0.25, 0.3) is 0 Å². The van der Waals surface area contributed by atoms with Gasteiger partial charge in [-0.05, 0) is 29.8 Å². The molecule has 0 fully saturated rings. The van der Waals surface area contributed by atoms with Gasteiger partial charge in [0, 0.05) is 21.5 Å². The molecule has 88 valence electrons. The third-order valence-electron chi connectivity index (χ3n) is 2.77. The molecule has 2 heterocycles. The molecule has 0 radical (unpaired) electrons. The number of rotatable bonds is 2. The van der Waals surface area contributed by atoms with Crippen LogP contribution in [0, 0.1) is 0 Å². The van der Waals surface area contributed by atoms with Gasteiger partial charge in [-0.15, -0.1) is 11.3 Å². The standard InChI is InChI=1S/C15H12N2S/c16-15-12(7-4-10-17-15)14-9-8-13(18-14)11-5-2-1-3-6-11/h1-10H,(H2,16,17). The van der Waals surface area contributed by atoms with Gasteiger partial charge in [0.2, 0.25) is 0 Å². The number of pyridine rings is 1. The molecule has 18 heavy (non-hydrogen) atoms. The Morgan fingerprint density at radius 2 is 1.61 bits per heavy atom. The lowest BCUT2D eigenvalue weighted by Gasteiger charge is -2.00. The first-order valence-corrected chi connectivity index (χ1v) is 6.52. The normalized spacial score (nSPS) is 10.4. The van der Waals surface area contributed by atoms with Crippen molar-refractivity contribution in [2.24, 2.45) is 0 Å². The van der Waals surface area contributed by atoms with Crippen LogP contribution >= 0.6 is 11.3 Å². The largest absolute Gasteiger partial charge is 0.383 e. The van der Waals surface area contributed by atoms with Crippen LogP contribution in [-0.2, 0) is 0 Å². The highest BCUT2D eigenvalue weighted by Gasteiger charge is 2.07. The molecule has 3 rings (SSSR count). The zero-order valence-electron chi connectivity index (χ0n) is 9.71. The van der Waals surface area contributed by atoms with Crippen molar-refractivity contribution in [1.29, 1.82) is 0 Å². The van der Waals surface area contributed by atoms with Crippen LogP contribution in [0.5, 0.6) is 0 Å². The summed E-state index contributed by atoms with van der Waals surface area (Å²) in [5.41, 5.74) is 8.13. The van der Waals surface area contributed by atoms with E-state index in [9.17, 15) is 0 Å². The second-order valence-electron chi connectivity index (χ2n) is 3.97. The lowest BCUT2D eigenvalue weighted by molar-refractivity contribution is 1.34. The smallest absolute Gasteiger partial charge is 0.132 e. The molecule has 2 N–H and O–H groups in total. The molecule has 0 saturated heterocycles. The highest BCUT2D eigenvalue weighted by molar-refractivity contribution is 7.18. The van der Waals surface area contributed by atoms with Crippen LogP contribution in [0.4, 0.5) is 5.82 Å². The van der Waals surface area contributed by atoms with Crippen molar-refractivity contribution < 1.29 is 0 Å². The molecule has 0 saturated carbocycles. The van der Waals surface area contributed by atoms with E-state index < -0.39 is 0 Å². The minimum atomic E-state index is 0.582. The zero-order chi connectivity index (χ0) is 12.4. The summed E-state index contributed by atoms with van der Waals surface area (Å²) in [6.07, 6.45) is 1.71. The Morgan fingerprint density at radius 1 is 0.833 bits per heavy atom. The van der Waals surface area contributed by atoms with E-state index in [4.69, 9.17) is 5.73 Å². The first-order chi connectivity index (χ1) is 8.84. The maximum atomic E-state index is 5.90. The molecular weight excluding hydrogens is 240 g/mol. The van der Waals surface area contributed by atoms with Gasteiger partial charge in [-0.1, -0.05) is 30.3 Å². The lowest BCUT2D eigenvalue weighted by atomic mass is 10.2. The predicted octanol–water partition coefficient (Wildman–Crippen LogP) is 4.06. The number of nitrogens with zero attached hydrogens (tertiary/aromatic N) is 1. The van der Waals surface area contributed by atoms with Crippen molar-refractivity contribution in [2.75, 3.05) is 5.73 Å². The summed E-state index contributed by atoms with van der Waals surface area (Å²) >= 11 is 1.73. The number of nitrogens with two attached hydrogens (primary N) is 1. The van der Waals surface area contributed by atoms with E-state index in [1.165, 1.54) is 10.4 Å². The predicted molar refractivity (Wildman–Crippen MR) is 77.4 cm³/mol. The molecule has 0 atom stereocenters. The Kier molecular flexibility index (Phi) is 2.82. The number of nitrogen functional groups attached to an aromatic ring is 1. The third kappa shape index (κ3) is 2.00. The Labute approximate surface area is 110 Å². The van der Waals surface area contributed by atoms with Crippen LogP contribution in [0.1, 0.15) is 0 Å². The van der Waals surface area contributed by atoms with E-state index in [0.29, 0.717) is 5.82 Å². The van der Waals surface area contributed by atoms with E-state index in [2.05, 4.69) is 29.2 Å². The number of anilines is 1.